The van der Waals surface area contributed by atoms with Crippen molar-refractivity contribution < 1.29 is 9.66 Å². The van der Waals surface area contributed by atoms with E-state index in [-0.39, 0.29) is 17.2 Å². The molecular weight excluding hydrogens is 408 g/mol. The Morgan fingerprint density at radius 2 is 1.96 bits per heavy atom. The average molecular weight is 433 g/mol. The Bertz CT molecular complexity index is 946. The van der Waals surface area contributed by atoms with E-state index in [1.807, 2.05) is 30.5 Å². The summed E-state index contributed by atoms with van der Waals surface area (Å²) in [5.74, 6) is 0.585. The molecule has 4 nitrogen and oxygen atoms in total. The van der Waals surface area contributed by atoms with Crippen molar-refractivity contribution in [2.45, 2.75) is 22.1 Å². The molecule has 2 aromatic heterocycles. The van der Waals surface area contributed by atoms with E-state index in [1.54, 1.807) is 23.1 Å². The van der Waals surface area contributed by atoms with Crippen LogP contribution in [-0.2, 0) is 0 Å². The van der Waals surface area contributed by atoms with Crippen LogP contribution in [0.1, 0.15) is 18.0 Å². The molecule has 0 bridgehead atoms. The Kier molecular flexibility index (Phi) is 5.83. The summed E-state index contributed by atoms with van der Waals surface area (Å²) in [7, 11) is -1.96. The van der Waals surface area contributed by atoms with Gasteiger partial charge in [-0.3, -0.25) is 0 Å². The molecule has 0 saturated heterocycles. The Morgan fingerprint density at radius 1 is 1.18 bits per heavy atom. The molecule has 0 spiro atoms. The Balaban J connectivity index is 1.82. The zero-order valence-electron chi connectivity index (χ0n) is 15.6. The summed E-state index contributed by atoms with van der Waals surface area (Å²) in [5.41, 5.74) is 10.9. The first-order chi connectivity index (χ1) is 13.5. The predicted octanol–water partition coefficient (Wildman–Crippen LogP) is 5.20. The molecule has 4 N–H and O–H groups in total. The fourth-order valence-corrected chi connectivity index (χ4v) is 8.38. The maximum atomic E-state index is 11.1. The van der Waals surface area contributed by atoms with Gasteiger partial charge in [-0.1, -0.05) is 48.2 Å². The van der Waals surface area contributed by atoms with Crippen molar-refractivity contribution in [3.05, 3.63) is 59.5 Å². The van der Waals surface area contributed by atoms with Gasteiger partial charge in [0.05, 0.1) is 21.2 Å². The Hall–Kier alpha value is -1.35. The summed E-state index contributed by atoms with van der Waals surface area (Å²) < 4.78 is 11.0. The van der Waals surface area contributed by atoms with Crippen LogP contribution in [0.15, 0.2) is 58.9 Å². The number of nitrogens with two attached hydrogens (primary N) is 1. The van der Waals surface area contributed by atoms with E-state index in [1.165, 1.54) is 0 Å². The fraction of sp³-hybridized carbons (Fsp3) is 0.286. The van der Waals surface area contributed by atoms with Crippen molar-refractivity contribution in [3.8, 4) is 21.7 Å². The van der Waals surface area contributed by atoms with Crippen LogP contribution in [0.3, 0.4) is 0 Å². The maximum Gasteiger partial charge on any atom is 0.103 e. The maximum absolute atomic E-state index is 11.1. The highest BCUT2D eigenvalue weighted by atomic mass is 32.3. The van der Waals surface area contributed by atoms with E-state index >= 15 is 0 Å². The lowest BCUT2D eigenvalue weighted by molar-refractivity contribution is 0.295. The lowest BCUT2D eigenvalue weighted by atomic mass is 9.97. The number of fused-ring (bicyclic) bond motifs is 1. The minimum absolute atomic E-state index is 0.0821. The van der Waals surface area contributed by atoms with Gasteiger partial charge in [-0.05, 0) is 41.3 Å². The summed E-state index contributed by atoms with van der Waals surface area (Å²) >= 11 is 3.26. The molecule has 1 aliphatic heterocycles. The number of thioether (sulfide) groups is 1. The van der Waals surface area contributed by atoms with Gasteiger partial charge in [-0.25, -0.2) is 4.98 Å². The zero-order chi connectivity index (χ0) is 19.7. The molecule has 148 valence electrons. The van der Waals surface area contributed by atoms with Gasteiger partial charge in [0, 0.05) is 17.9 Å². The highest BCUT2D eigenvalue weighted by molar-refractivity contribution is 8.36. The summed E-state index contributed by atoms with van der Waals surface area (Å²) in [6, 6.07) is 16.2. The van der Waals surface area contributed by atoms with E-state index in [0.29, 0.717) is 12.2 Å². The van der Waals surface area contributed by atoms with Crippen molar-refractivity contribution in [2.24, 2.45) is 5.73 Å². The van der Waals surface area contributed by atoms with Gasteiger partial charge in [0.25, 0.3) is 0 Å². The minimum Gasteiger partial charge on any atom is -0.396 e. The lowest BCUT2D eigenvalue weighted by Gasteiger charge is -2.37. The van der Waals surface area contributed by atoms with Gasteiger partial charge < -0.3 is 15.4 Å². The van der Waals surface area contributed by atoms with Gasteiger partial charge in [0.15, 0.2) is 0 Å². The predicted molar refractivity (Wildman–Crippen MR) is 122 cm³/mol. The summed E-state index contributed by atoms with van der Waals surface area (Å²) in [6.45, 7) is 0.0821. The SMILES string of the molecule is CS(O)(CCCO)C1Sc2nc(-c3cccs3)cc(-c3ccccc3)c2C1N. The Morgan fingerprint density at radius 3 is 2.64 bits per heavy atom. The van der Waals surface area contributed by atoms with Crippen LogP contribution in [0.5, 0.6) is 0 Å². The van der Waals surface area contributed by atoms with E-state index < -0.39 is 10.3 Å². The standard InChI is InChI=1S/C21H24N2O2S3/c1-28(25,12-6-10-24)21-19(22)18-15(14-7-3-2-4-8-14)13-16(23-20(18)27-21)17-9-5-11-26-17/h2-5,7-9,11,13,19,21,24-25H,6,10,12,22H2,1H3. The van der Waals surface area contributed by atoms with Crippen LogP contribution in [0, 0.1) is 0 Å². The number of hydrogen-bond acceptors (Lipinski definition) is 6. The number of hydrogen-bond donors (Lipinski definition) is 3. The van der Waals surface area contributed by atoms with E-state index in [0.717, 1.165) is 32.3 Å². The van der Waals surface area contributed by atoms with Crippen LogP contribution < -0.4 is 5.73 Å². The number of benzene rings is 1. The van der Waals surface area contributed by atoms with Gasteiger partial charge in [0.2, 0.25) is 0 Å². The first kappa shape index (κ1) is 19.9. The van der Waals surface area contributed by atoms with Crippen molar-refractivity contribution in [1.29, 1.82) is 0 Å². The molecule has 3 atom stereocenters. The molecule has 3 heterocycles. The number of rotatable bonds is 6. The monoisotopic (exact) mass is 432 g/mol. The van der Waals surface area contributed by atoms with Gasteiger partial charge >= 0.3 is 0 Å². The molecule has 7 heteroatoms. The topological polar surface area (TPSA) is 79.4 Å². The quantitative estimate of drug-likeness (QED) is 0.499. The molecule has 0 aliphatic carbocycles. The largest absolute Gasteiger partial charge is 0.396 e. The van der Waals surface area contributed by atoms with Crippen molar-refractivity contribution in [2.75, 3.05) is 18.6 Å². The van der Waals surface area contributed by atoms with E-state index in [9.17, 15) is 9.66 Å². The molecule has 0 fully saturated rings. The van der Waals surface area contributed by atoms with Crippen LogP contribution >= 0.6 is 33.4 Å². The van der Waals surface area contributed by atoms with Gasteiger partial charge in [-0.15, -0.1) is 21.6 Å². The van der Waals surface area contributed by atoms with Crippen molar-refractivity contribution in [1.82, 2.24) is 4.98 Å². The first-order valence-corrected chi connectivity index (χ1v) is 13.1. The summed E-state index contributed by atoms with van der Waals surface area (Å²) in [4.78, 5) is 6.04. The highest BCUT2D eigenvalue weighted by Gasteiger charge is 2.42. The highest BCUT2D eigenvalue weighted by Crippen LogP contribution is 2.61. The number of thiophene rings is 1. The van der Waals surface area contributed by atoms with Gasteiger partial charge in [0.1, 0.15) is 5.03 Å². The summed E-state index contributed by atoms with van der Waals surface area (Å²) in [5, 5.41) is 12.2. The third-order valence-corrected chi connectivity index (χ3v) is 10.8. The molecule has 0 amide bonds. The smallest absolute Gasteiger partial charge is 0.103 e. The minimum atomic E-state index is -1.96. The third kappa shape index (κ3) is 3.75. The molecule has 0 radical (unpaired) electrons. The molecule has 4 rings (SSSR count). The van der Waals surface area contributed by atoms with E-state index in [4.69, 9.17) is 10.7 Å². The second kappa shape index (κ2) is 8.18. The van der Waals surface area contributed by atoms with Crippen LogP contribution in [0.2, 0.25) is 0 Å². The van der Waals surface area contributed by atoms with Crippen LogP contribution in [0.4, 0.5) is 0 Å². The summed E-state index contributed by atoms with van der Waals surface area (Å²) in [6.07, 6.45) is 2.48. The number of aromatic nitrogens is 1. The Labute approximate surface area is 175 Å². The number of aliphatic hydroxyl groups is 1. The molecule has 28 heavy (non-hydrogen) atoms. The zero-order valence-corrected chi connectivity index (χ0v) is 18.1. The van der Waals surface area contributed by atoms with Gasteiger partial charge in [-0.2, -0.15) is 0 Å². The van der Waals surface area contributed by atoms with Crippen LogP contribution in [-0.4, -0.2) is 37.8 Å². The normalized spacial score (nSPS) is 21.9. The molecule has 1 aromatic carbocycles. The molecule has 0 saturated carbocycles. The lowest BCUT2D eigenvalue weighted by Crippen LogP contribution is -2.27. The number of aliphatic hydroxyl groups excluding tert-OH is 1. The molecule has 3 aromatic rings. The van der Waals surface area contributed by atoms with Crippen molar-refractivity contribution >= 4 is 33.4 Å². The molecule has 1 aliphatic rings. The number of pyridine rings is 1. The van der Waals surface area contributed by atoms with Crippen LogP contribution in [0.25, 0.3) is 21.7 Å². The number of nitrogens with zero attached hydrogens (tertiary/aromatic N) is 1. The third-order valence-electron chi connectivity index (χ3n) is 4.95. The second-order valence-corrected chi connectivity index (χ2v) is 12.5. The van der Waals surface area contributed by atoms with E-state index in [2.05, 4.69) is 29.6 Å². The fourth-order valence-electron chi connectivity index (χ4n) is 3.56. The first-order valence-electron chi connectivity index (χ1n) is 9.16. The molecular formula is C21H24N2O2S3. The molecule has 3 unspecified atom stereocenters. The second-order valence-electron chi connectivity index (χ2n) is 7.02. The van der Waals surface area contributed by atoms with Crippen molar-refractivity contribution in [3.63, 3.8) is 0 Å². The average Bonchev–Trinajstić information content (AvgIpc) is 3.35.